The topological polar surface area (TPSA) is 51.2 Å². The zero-order valence-electron chi connectivity index (χ0n) is 14.5. The minimum Gasteiger partial charge on any atom is -0.480 e. The number of nitrogens with one attached hydrogen (secondary N) is 1. The first kappa shape index (κ1) is 18.4. The number of rotatable bonds is 4. The molecule has 1 aliphatic rings. The highest BCUT2D eigenvalue weighted by Gasteiger charge is 2.22. The Morgan fingerprint density at radius 1 is 1.19 bits per heavy atom. The second-order valence-electron chi connectivity index (χ2n) is 6.57. The summed E-state index contributed by atoms with van der Waals surface area (Å²) in [4.78, 5) is 16.9. The summed E-state index contributed by atoms with van der Waals surface area (Å²) < 4.78 is 7.54. The SMILES string of the molecule is O=C(COc1c(Br)cc(Br)c2cccnc12)NC1CCCc2ccccc21. The number of aryl methyl sites for hydroxylation is 1. The Balaban J connectivity index is 1.49. The van der Waals surface area contributed by atoms with Gasteiger partial charge in [-0.15, -0.1) is 0 Å². The molecule has 1 amide bonds. The first-order valence-electron chi connectivity index (χ1n) is 8.86. The van der Waals surface area contributed by atoms with Gasteiger partial charge in [0.2, 0.25) is 0 Å². The number of aromatic nitrogens is 1. The Hall–Kier alpha value is -1.92. The molecule has 1 unspecified atom stereocenters. The molecule has 0 saturated carbocycles. The van der Waals surface area contributed by atoms with E-state index in [1.165, 1.54) is 11.1 Å². The molecule has 1 aliphatic carbocycles. The van der Waals surface area contributed by atoms with E-state index in [4.69, 9.17) is 4.74 Å². The van der Waals surface area contributed by atoms with Crippen LogP contribution >= 0.6 is 31.9 Å². The molecule has 0 bridgehead atoms. The molecule has 2 aromatic carbocycles. The van der Waals surface area contributed by atoms with Gasteiger partial charge < -0.3 is 10.1 Å². The molecule has 1 aromatic heterocycles. The number of pyridine rings is 1. The number of hydrogen-bond donors (Lipinski definition) is 1. The molecular formula is C21H18Br2N2O2. The number of ether oxygens (including phenoxy) is 1. The number of hydrogen-bond acceptors (Lipinski definition) is 3. The van der Waals surface area contributed by atoms with E-state index in [1.807, 2.05) is 24.3 Å². The molecule has 0 spiro atoms. The average molecular weight is 490 g/mol. The third kappa shape index (κ3) is 3.87. The van der Waals surface area contributed by atoms with Crippen molar-refractivity contribution in [2.24, 2.45) is 0 Å². The van der Waals surface area contributed by atoms with Crippen LogP contribution in [0.15, 0.2) is 57.6 Å². The van der Waals surface area contributed by atoms with E-state index in [-0.39, 0.29) is 18.6 Å². The summed E-state index contributed by atoms with van der Waals surface area (Å²) in [5, 5.41) is 4.06. The molecule has 4 nitrogen and oxygen atoms in total. The average Bonchev–Trinajstić information content (AvgIpc) is 2.68. The third-order valence-electron chi connectivity index (χ3n) is 4.80. The molecule has 0 aliphatic heterocycles. The van der Waals surface area contributed by atoms with Gasteiger partial charge >= 0.3 is 0 Å². The van der Waals surface area contributed by atoms with E-state index >= 15 is 0 Å². The molecular weight excluding hydrogens is 472 g/mol. The minimum atomic E-state index is -0.129. The first-order chi connectivity index (χ1) is 13.1. The summed E-state index contributed by atoms with van der Waals surface area (Å²) in [6.07, 6.45) is 4.82. The van der Waals surface area contributed by atoms with Crippen LogP contribution in [0.3, 0.4) is 0 Å². The molecule has 0 fully saturated rings. The van der Waals surface area contributed by atoms with Gasteiger partial charge in [-0.2, -0.15) is 0 Å². The Kier molecular flexibility index (Phi) is 5.45. The van der Waals surface area contributed by atoms with Crippen molar-refractivity contribution in [3.05, 3.63) is 68.7 Å². The maximum atomic E-state index is 12.5. The zero-order valence-corrected chi connectivity index (χ0v) is 17.7. The standard InChI is InChI=1S/C21H18Br2N2O2/c22-16-11-17(23)21(20-15(16)8-4-10-24-20)27-12-19(26)25-18-9-3-6-13-5-1-2-7-14(13)18/h1-2,4-5,7-8,10-11,18H,3,6,9,12H2,(H,25,26). The van der Waals surface area contributed by atoms with E-state index < -0.39 is 0 Å². The van der Waals surface area contributed by atoms with Gasteiger partial charge in [-0.05, 0) is 58.5 Å². The van der Waals surface area contributed by atoms with Crippen LogP contribution < -0.4 is 10.1 Å². The molecule has 1 N–H and O–H groups in total. The Morgan fingerprint density at radius 2 is 2.04 bits per heavy atom. The predicted octanol–water partition coefficient (Wildman–Crippen LogP) is 5.33. The van der Waals surface area contributed by atoms with Crippen molar-refractivity contribution < 1.29 is 9.53 Å². The number of carbonyl (C=O) groups excluding carboxylic acids is 1. The van der Waals surface area contributed by atoms with Crippen LogP contribution in [0.1, 0.15) is 30.0 Å². The van der Waals surface area contributed by atoms with Gasteiger partial charge in [-0.1, -0.05) is 46.3 Å². The van der Waals surface area contributed by atoms with Crippen molar-refractivity contribution in [3.8, 4) is 5.75 Å². The van der Waals surface area contributed by atoms with Crippen LogP contribution in [-0.2, 0) is 11.2 Å². The van der Waals surface area contributed by atoms with Crippen LogP contribution in [0, 0.1) is 0 Å². The smallest absolute Gasteiger partial charge is 0.258 e. The quantitative estimate of drug-likeness (QED) is 0.538. The molecule has 0 radical (unpaired) electrons. The van der Waals surface area contributed by atoms with Gasteiger partial charge in [0.05, 0.1) is 10.5 Å². The first-order valence-corrected chi connectivity index (χ1v) is 10.4. The van der Waals surface area contributed by atoms with Gasteiger partial charge in [-0.25, -0.2) is 0 Å². The predicted molar refractivity (Wildman–Crippen MR) is 113 cm³/mol. The van der Waals surface area contributed by atoms with E-state index in [9.17, 15) is 4.79 Å². The largest absolute Gasteiger partial charge is 0.480 e. The number of halogens is 2. The van der Waals surface area contributed by atoms with Gasteiger partial charge in [0.1, 0.15) is 5.52 Å². The Labute approximate surface area is 174 Å². The molecule has 27 heavy (non-hydrogen) atoms. The third-order valence-corrected chi connectivity index (χ3v) is 6.05. The number of benzene rings is 2. The normalized spacial score (nSPS) is 16.0. The van der Waals surface area contributed by atoms with Crippen LogP contribution in [-0.4, -0.2) is 17.5 Å². The van der Waals surface area contributed by atoms with Crippen LogP contribution in [0.4, 0.5) is 0 Å². The van der Waals surface area contributed by atoms with Crippen molar-refractivity contribution in [1.29, 1.82) is 0 Å². The van der Waals surface area contributed by atoms with Crippen LogP contribution in [0.5, 0.6) is 5.75 Å². The number of nitrogens with zero attached hydrogens (tertiary/aromatic N) is 1. The molecule has 6 heteroatoms. The molecule has 138 valence electrons. The van der Waals surface area contributed by atoms with Crippen LogP contribution in [0.25, 0.3) is 10.9 Å². The summed E-state index contributed by atoms with van der Waals surface area (Å²) in [6, 6.07) is 14.1. The molecule has 1 heterocycles. The van der Waals surface area contributed by atoms with Crippen molar-refractivity contribution in [2.45, 2.75) is 25.3 Å². The van der Waals surface area contributed by atoms with Gasteiger partial charge in [0, 0.05) is 16.1 Å². The van der Waals surface area contributed by atoms with Crippen molar-refractivity contribution in [3.63, 3.8) is 0 Å². The lowest BCUT2D eigenvalue weighted by atomic mass is 9.88. The number of carbonyl (C=O) groups is 1. The minimum absolute atomic E-state index is 0.0503. The maximum Gasteiger partial charge on any atom is 0.258 e. The monoisotopic (exact) mass is 488 g/mol. The van der Waals surface area contributed by atoms with Crippen molar-refractivity contribution in [1.82, 2.24) is 10.3 Å². The number of amides is 1. The Morgan fingerprint density at radius 3 is 2.93 bits per heavy atom. The van der Waals surface area contributed by atoms with E-state index in [1.54, 1.807) is 6.20 Å². The lowest BCUT2D eigenvalue weighted by Crippen LogP contribution is -2.34. The highest BCUT2D eigenvalue weighted by Crippen LogP contribution is 2.37. The summed E-state index contributed by atoms with van der Waals surface area (Å²) in [5.74, 6) is 0.448. The second kappa shape index (κ2) is 7.98. The van der Waals surface area contributed by atoms with Gasteiger partial charge in [-0.3, -0.25) is 9.78 Å². The fourth-order valence-corrected chi connectivity index (χ4v) is 4.95. The maximum absolute atomic E-state index is 12.5. The number of fused-ring (bicyclic) bond motifs is 2. The zero-order chi connectivity index (χ0) is 18.8. The fourth-order valence-electron chi connectivity index (χ4n) is 3.56. The lowest BCUT2D eigenvalue weighted by molar-refractivity contribution is -0.123. The van der Waals surface area contributed by atoms with Crippen molar-refractivity contribution in [2.75, 3.05) is 6.61 Å². The second-order valence-corrected chi connectivity index (χ2v) is 8.28. The molecule has 4 rings (SSSR count). The van der Waals surface area contributed by atoms with E-state index in [2.05, 4.69) is 60.4 Å². The van der Waals surface area contributed by atoms with E-state index in [0.29, 0.717) is 5.75 Å². The highest BCUT2D eigenvalue weighted by molar-refractivity contribution is 9.11. The summed E-state index contributed by atoms with van der Waals surface area (Å²) in [6.45, 7) is -0.0510. The lowest BCUT2D eigenvalue weighted by Gasteiger charge is -2.26. The van der Waals surface area contributed by atoms with Gasteiger partial charge in [0.25, 0.3) is 5.91 Å². The summed E-state index contributed by atoms with van der Waals surface area (Å²) in [5.41, 5.74) is 3.25. The van der Waals surface area contributed by atoms with Crippen LogP contribution in [0.2, 0.25) is 0 Å². The fraction of sp³-hybridized carbons (Fsp3) is 0.238. The molecule has 0 saturated heterocycles. The van der Waals surface area contributed by atoms with Gasteiger partial charge in [0.15, 0.2) is 12.4 Å². The summed E-state index contributed by atoms with van der Waals surface area (Å²) >= 11 is 7.05. The highest BCUT2D eigenvalue weighted by atomic mass is 79.9. The van der Waals surface area contributed by atoms with Crippen molar-refractivity contribution >= 4 is 48.7 Å². The molecule has 1 atom stereocenters. The summed E-state index contributed by atoms with van der Waals surface area (Å²) in [7, 11) is 0. The molecule has 3 aromatic rings. The Bertz CT molecular complexity index is 1010. The van der Waals surface area contributed by atoms with E-state index in [0.717, 1.165) is 39.1 Å².